The predicted octanol–water partition coefficient (Wildman–Crippen LogP) is 4.95. The Labute approximate surface area is 195 Å². The van der Waals surface area contributed by atoms with Gasteiger partial charge in [-0.2, -0.15) is 0 Å². The number of aryl methyl sites for hydroxylation is 1. The molecule has 0 bridgehead atoms. The predicted molar refractivity (Wildman–Crippen MR) is 129 cm³/mol. The highest BCUT2D eigenvalue weighted by Crippen LogP contribution is 2.30. The summed E-state index contributed by atoms with van der Waals surface area (Å²) in [7, 11) is 0. The fourth-order valence-electron chi connectivity index (χ4n) is 4.03. The second-order valence-electron chi connectivity index (χ2n) is 8.24. The number of anilines is 1. The molecule has 5 rings (SSSR count). The van der Waals surface area contributed by atoms with E-state index in [0.29, 0.717) is 18.1 Å². The zero-order chi connectivity index (χ0) is 22.1. The van der Waals surface area contributed by atoms with E-state index < -0.39 is 0 Å². The van der Waals surface area contributed by atoms with Crippen LogP contribution in [0.25, 0.3) is 16.2 Å². The van der Waals surface area contributed by atoms with Gasteiger partial charge >= 0.3 is 0 Å². The number of amides is 1. The molecule has 6 nitrogen and oxygen atoms in total. The van der Waals surface area contributed by atoms with Gasteiger partial charge in [0.05, 0.1) is 17.8 Å². The molecule has 32 heavy (non-hydrogen) atoms. The normalized spacial score (nSPS) is 16.4. The highest BCUT2D eigenvalue weighted by Gasteiger charge is 2.27. The van der Waals surface area contributed by atoms with Crippen LogP contribution in [0.4, 0.5) is 5.13 Å². The molecule has 1 amide bonds. The van der Waals surface area contributed by atoms with Crippen molar-refractivity contribution in [3.8, 4) is 11.3 Å². The third-order valence-electron chi connectivity index (χ3n) is 5.80. The summed E-state index contributed by atoms with van der Waals surface area (Å²) in [5, 5.41) is 9.40. The van der Waals surface area contributed by atoms with Gasteiger partial charge in [0.15, 0.2) is 0 Å². The zero-order valence-electron chi connectivity index (χ0n) is 17.8. The van der Waals surface area contributed by atoms with Gasteiger partial charge in [0, 0.05) is 30.2 Å². The van der Waals surface area contributed by atoms with Gasteiger partial charge in [-0.1, -0.05) is 64.9 Å². The Kier molecular flexibility index (Phi) is 5.85. The van der Waals surface area contributed by atoms with Crippen molar-refractivity contribution in [1.82, 2.24) is 19.9 Å². The first-order valence-electron chi connectivity index (χ1n) is 10.8. The van der Waals surface area contributed by atoms with E-state index in [0.717, 1.165) is 46.3 Å². The summed E-state index contributed by atoms with van der Waals surface area (Å²) >= 11 is 7.61. The number of imidazole rings is 1. The maximum absolute atomic E-state index is 12.8. The lowest BCUT2D eigenvalue weighted by Crippen LogP contribution is -2.43. The highest BCUT2D eigenvalue weighted by atomic mass is 35.5. The SMILES string of the molecule is Cc1ccc(-c2cn3nc(N4CCC[C@H](C(=O)NCc5cccc(Cl)c5)C4)sc3n2)cc1. The van der Waals surface area contributed by atoms with E-state index in [2.05, 4.69) is 41.4 Å². The van der Waals surface area contributed by atoms with E-state index in [1.54, 1.807) is 11.3 Å². The molecule has 1 atom stereocenters. The number of nitrogens with one attached hydrogen (secondary N) is 1. The summed E-state index contributed by atoms with van der Waals surface area (Å²) in [6, 6.07) is 15.9. The maximum Gasteiger partial charge on any atom is 0.225 e. The average Bonchev–Trinajstić information content (AvgIpc) is 3.38. The molecule has 8 heteroatoms. The lowest BCUT2D eigenvalue weighted by molar-refractivity contribution is -0.125. The van der Waals surface area contributed by atoms with E-state index in [1.807, 2.05) is 35.0 Å². The number of hydrogen-bond acceptors (Lipinski definition) is 5. The Morgan fingerprint density at radius 2 is 2.09 bits per heavy atom. The Morgan fingerprint density at radius 1 is 1.25 bits per heavy atom. The Hall–Kier alpha value is -2.90. The van der Waals surface area contributed by atoms with Gasteiger partial charge in [0.2, 0.25) is 16.0 Å². The smallest absolute Gasteiger partial charge is 0.225 e. The number of benzene rings is 2. The number of halogens is 1. The molecule has 1 saturated heterocycles. The summed E-state index contributed by atoms with van der Waals surface area (Å²) in [4.78, 5) is 20.6. The lowest BCUT2D eigenvalue weighted by Gasteiger charge is -2.31. The number of fused-ring (bicyclic) bond motifs is 1. The summed E-state index contributed by atoms with van der Waals surface area (Å²) in [6.07, 6.45) is 3.82. The molecule has 1 N–H and O–H groups in total. The molecule has 4 aromatic rings. The van der Waals surface area contributed by atoms with Crippen molar-refractivity contribution < 1.29 is 4.79 Å². The minimum atomic E-state index is -0.0534. The van der Waals surface area contributed by atoms with Crippen LogP contribution < -0.4 is 10.2 Å². The van der Waals surface area contributed by atoms with Gasteiger partial charge in [0.1, 0.15) is 0 Å². The first-order valence-corrected chi connectivity index (χ1v) is 11.9. The molecule has 0 spiro atoms. The van der Waals surface area contributed by atoms with Gasteiger partial charge in [-0.05, 0) is 37.5 Å². The molecule has 0 aliphatic carbocycles. The molecule has 2 aromatic carbocycles. The van der Waals surface area contributed by atoms with Crippen molar-refractivity contribution in [3.05, 3.63) is 70.9 Å². The molecule has 1 fully saturated rings. The lowest BCUT2D eigenvalue weighted by atomic mass is 9.97. The molecule has 164 valence electrons. The molecule has 3 heterocycles. The van der Waals surface area contributed by atoms with Crippen LogP contribution in [0.1, 0.15) is 24.0 Å². The van der Waals surface area contributed by atoms with E-state index in [4.69, 9.17) is 21.7 Å². The van der Waals surface area contributed by atoms with Crippen molar-refractivity contribution in [1.29, 1.82) is 0 Å². The summed E-state index contributed by atoms with van der Waals surface area (Å²) in [5.41, 5.74) is 4.24. The number of aromatic nitrogens is 3. The van der Waals surface area contributed by atoms with Gasteiger partial charge < -0.3 is 10.2 Å². The maximum atomic E-state index is 12.8. The third kappa shape index (κ3) is 4.49. The number of rotatable bonds is 5. The summed E-state index contributed by atoms with van der Waals surface area (Å²) in [6.45, 7) is 4.14. The second kappa shape index (κ2) is 8.92. The average molecular weight is 466 g/mol. The number of carbonyl (C=O) groups excluding carboxylic acids is 1. The standard InChI is InChI=1S/C24H24ClN5OS/c1-16-7-9-18(10-8-16)21-15-30-23(27-21)32-24(28-30)29-11-3-5-19(14-29)22(31)26-13-17-4-2-6-20(25)12-17/h2,4,6-10,12,15,19H,3,5,11,13-14H2,1H3,(H,26,31)/t19-/m0/s1. The van der Waals surface area contributed by atoms with Crippen LogP contribution in [-0.4, -0.2) is 33.6 Å². The van der Waals surface area contributed by atoms with Crippen LogP contribution in [-0.2, 0) is 11.3 Å². The number of piperidine rings is 1. The first-order chi connectivity index (χ1) is 15.5. The van der Waals surface area contributed by atoms with Gasteiger partial charge in [-0.3, -0.25) is 4.79 Å². The van der Waals surface area contributed by atoms with Gasteiger partial charge in [-0.25, -0.2) is 9.50 Å². The first kappa shape index (κ1) is 21.0. The second-order valence-corrected chi connectivity index (χ2v) is 9.61. The molecule has 0 saturated carbocycles. The van der Waals surface area contributed by atoms with Crippen LogP contribution in [0.3, 0.4) is 0 Å². The largest absolute Gasteiger partial charge is 0.352 e. The third-order valence-corrected chi connectivity index (χ3v) is 7.02. The molecular weight excluding hydrogens is 442 g/mol. The molecule has 0 radical (unpaired) electrons. The van der Waals surface area contributed by atoms with Crippen LogP contribution in [0, 0.1) is 12.8 Å². The van der Waals surface area contributed by atoms with Crippen molar-refractivity contribution >= 4 is 38.9 Å². The minimum absolute atomic E-state index is 0.0534. The molecule has 2 aromatic heterocycles. The Morgan fingerprint density at radius 3 is 2.88 bits per heavy atom. The zero-order valence-corrected chi connectivity index (χ0v) is 19.4. The minimum Gasteiger partial charge on any atom is -0.352 e. The van der Waals surface area contributed by atoms with E-state index in [-0.39, 0.29) is 11.8 Å². The van der Waals surface area contributed by atoms with E-state index >= 15 is 0 Å². The topological polar surface area (TPSA) is 62.5 Å². The van der Waals surface area contributed by atoms with E-state index in [9.17, 15) is 4.79 Å². The Bertz CT molecular complexity index is 1220. The molecule has 0 unspecified atom stereocenters. The fraction of sp³-hybridized carbons (Fsp3) is 0.292. The summed E-state index contributed by atoms with van der Waals surface area (Å²) < 4.78 is 1.85. The molecule has 1 aliphatic heterocycles. The van der Waals surface area contributed by atoms with Crippen molar-refractivity contribution in [2.45, 2.75) is 26.3 Å². The Balaban J connectivity index is 1.25. The van der Waals surface area contributed by atoms with Crippen LogP contribution >= 0.6 is 22.9 Å². The van der Waals surface area contributed by atoms with Crippen molar-refractivity contribution in [2.75, 3.05) is 18.0 Å². The van der Waals surface area contributed by atoms with Crippen LogP contribution in [0.15, 0.2) is 54.7 Å². The van der Waals surface area contributed by atoms with Crippen molar-refractivity contribution in [3.63, 3.8) is 0 Å². The number of nitrogens with zero attached hydrogens (tertiary/aromatic N) is 4. The van der Waals surface area contributed by atoms with E-state index in [1.165, 1.54) is 5.56 Å². The fourth-order valence-corrected chi connectivity index (χ4v) is 5.16. The monoisotopic (exact) mass is 465 g/mol. The highest BCUT2D eigenvalue weighted by molar-refractivity contribution is 7.20. The van der Waals surface area contributed by atoms with Gasteiger partial charge in [0.25, 0.3) is 0 Å². The van der Waals surface area contributed by atoms with Crippen LogP contribution in [0.5, 0.6) is 0 Å². The molecule has 1 aliphatic rings. The van der Waals surface area contributed by atoms with Crippen molar-refractivity contribution in [2.24, 2.45) is 5.92 Å². The number of hydrogen-bond donors (Lipinski definition) is 1. The number of carbonyl (C=O) groups is 1. The summed E-state index contributed by atoms with van der Waals surface area (Å²) in [5.74, 6) is 0.0277. The van der Waals surface area contributed by atoms with Gasteiger partial charge in [-0.15, -0.1) is 5.10 Å². The van der Waals surface area contributed by atoms with Crippen LogP contribution in [0.2, 0.25) is 5.02 Å². The molecular formula is C24H24ClN5OS. The quantitative estimate of drug-likeness (QED) is 0.453.